The highest BCUT2D eigenvalue weighted by atomic mass is 19.1. The van der Waals surface area contributed by atoms with Crippen molar-refractivity contribution in [3.8, 4) is 0 Å². The van der Waals surface area contributed by atoms with E-state index in [9.17, 15) is 18.4 Å². The number of ketones is 1. The fraction of sp³-hybridized carbons (Fsp3) is 0.385. The smallest absolute Gasteiger partial charge is 0.220 e. The maximum absolute atomic E-state index is 13.3. The third-order valence-corrected chi connectivity index (χ3v) is 2.57. The summed E-state index contributed by atoms with van der Waals surface area (Å²) in [5, 5.41) is 2.59. The normalized spacial score (nSPS) is 12.0. The Kier molecular flexibility index (Phi) is 5.57. The van der Waals surface area contributed by atoms with Crippen LogP contribution in [0, 0.1) is 11.6 Å². The molecular formula is C13H16F2N2O2. The van der Waals surface area contributed by atoms with E-state index in [4.69, 9.17) is 5.73 Å². The van der Waals surface area contributed by atoms with Crippen molar-refractivity contribution in [1.82, 2.24) is 5.32 Å². The number of Topliss-reactive ketones (excluding diaryl/α,β-unsaturated/α-hetero) is 1. The van der Waals surface area contributed by atoms with Crippen LogP contribution in [-0.4, -0.2) is 24.3 Å². The Labute approximate surface area is 110 Å². The Morgan fingerprint density at radius 3 is 2.58 bits per heavy atom. The minimum atomic E-state index is -0.916. The van der Waals surface area contributed by atoms with Crippen LogP contribution >= 0.6 is 0 Å². The van der Waals surface area contributed by atoms with Gasteiger partial charge >= 0.3 is 0 Å². The molecule has 0 saturated heterocycles. The van der Waals surface area contributed by atoms with E-state index in [1.54, 1.807) is 6.92 Å². The second-order valence-corrected chi connectivity index (χ2v) is 4.25. The highest BCUT2D eigenvalue weighted by molar-refractivity contribution is 5.98. The number of hydrogen-bond acceptors (Lipinski definition) is 3. The van der Waals surface area contributed by atoms with E-state index in [0.29, 0.717) is 12.6 Å². The van der Waals surface area contributed by atoms with Crippen LogP contribution in [-0.2, 0) is 4.79 Å². The van der Waals surface area contributed by atoms with Gasteiger partial charge in [-0.05, 0) is 19.1 Å². The topological polar surface area (TPSA) is 72.2 Å². The molecule has 1 rings (SSSR count). The second-order valence-electron chi connectivity index (χ2n) is 4.25. The molecule has 1 aromatic rings. The largest absolute Gasteiger partial charge is 0.352 e. The van der Waals surface area contributed by atoms with Crippen LogP contribution in [0.15, 0.2) is 18.2 Å². The first-order valence-electron chi connectivity index (χ1n) is 5.91. The number of rotatable bonds is 6. The molecule has 6 heteroatoms. The molecule has 0 aliphatic carbocycles. The molecule has 0 saturated carbocycles. The molecule has 104 valence electrons. The molecule has 0 radical (unpaired) electrons. The molecule has 0 spiro atoms. The summed E-state index contributed by atoms with van der Waals surface area (Å²) in [5.74, 6) is -2.52. The van der Waals surface area contributed by atoms with Crippen molar-refractivity contribution in [3.63, 3.8) is 0 Å². The van der Waals surface area contributed by atoms with Crippen LogP contribution in [0.1, 0.15) is 30.1 Å². The molecule has 1 aromatic carbocycles. The molecule has 0 bridgehead atoms. The number of halogens is 2. The van der Waals surface area contributed by atoms with Crippen molar-refractivity contribution in [3.05, 3.63) is 35.4 Å². The zero-order valence-electron chi connectivity index (χ0n) is 10.6. The lowest BCUT2D eigenvalue weighted by Gasteiger charge is -2.10. The Balaban J connectivity index is 2.54. The number of nitrogens with one attached hydrogen (secondary N) is 1. The first-order valence-corrected chi connectivity index (χ1v) is 5.91. The number of benzene rings is 1. The minimum absolute atomic E-state index is 0.0556. The monoisotopic (exact) mass is 270 g/mol. The van der Waals surface area contributed by atoms with Gasteiger partial charge < -0.3 is 11.1 Å². The maximum Gasteiger partial charge on any atom is 0.220 e. The van der Waals surface area contributed by atoms with E-state index >= 15 is 0 Å². The van der Waals surface area contributed by atoms with Crippen molar-refractivity contribution in [1.29, 1.82) is 0 Å². The molecule has 19 heavy (non-hydrogen) atoms. The Morgan fingerprint density at radius 2 is 2.00 bits per heavy atom. The van der Waals surface area contributed by atoms with E-state index in [1.165, 1.54) is 0 Å². The van der Waals surface area contributed by atoms with Crippen LogP contribution in [0.4, 0.5) is 8.78 Å². The lowest BCUT2D eigenvalue weighted by molar-refractivity contribution is -0.121. The van der Waals surface area contributed by atoms with Gasteiger partial charge in [0.1, 0.15) is 11.6 Å². The molecule has 1 amide bonds. The zero-order valence-corrected chi connectivity index (χ0v) is 10.6. The summed E-state index contributed by atoms with van der Waals surface area (Å²) in [6, 6.07) is 2.55. The summed E-state index contributed by atoms with van der Waals surface area (Å²) in [5.41, 5.74) is 5.13. The number of hydrogen-bond donors (Lipinski definition) is 2. The van der Waals surface area contributed by atoms with Crippen molar-refractivity contribution >= 4 is 11.7 Å². The molecule has 0 aliphatic heterocycles. The van der Waals surface area contributed by atoms with Crippen LogP contribution in [0.25, 0.3) is 0 Å². The van der Waals surface area contributed by atoms with Crippen LogP contribution in [0.3, 0.4) is 0 Å². The van der Waals surface area contributed by atoms with Gasteiger partial charge in [0.05, 0.1) is 5.56 Å². The molecule has 0 fully saturated rings. The van der Waals surface area contributed by atoms with E-state index in [0.717, 1.165) is 12.1 Å². The average Bonchev–Trinajstić information content (AvgIpc) is 2.35. The first kappa shape index (κ1) is 15.2. The number of amides is 1. The standard InChI is InChI=1S/C13H16F2N2O2/c1-8(7-16)17-13(19)5-4-12(18)10-3-2-9(14)6-11(10)15/h2-3,6,8H,4-5,7,16H2,1H3,(H,17,19)/t8-/m0/s1. The van der Waals surface area contributed by atoms with E-state index in [-0.39, 0.29) is 30.4 Å². The average molecular weight is 270 g/mol. The molecule has 3 N–H and O–H groups in total. The van der Waals surface area contributed by atoms with E-state index < -0.39 is 17.4 Å². The summed E-state index contributed by atoms with van der Waals surface area (Å²) in [6.45, 7) is 2.03. The predicted molar refractivity (Wildman–Crippen MR) is 66.6 cm³/mol. The summed E-state index contributed by atoms with van der Waals surface area (Å²) in [7, 11) is 0. The maximum atomic E-state index is 13.3. The molecule has 4 nitrogen and oxygen atoms in total. The summed E-state index contributed by atoms with van der Waals surface area (Å²) >= 11 is 0. The van der Waals surface area contributed by atoms with Crippen LogP contribution in [0.2, 0.25) is 0 Å². The van der Waals surface area contributed by atoms with Gasteiger partial charge in [-0.15, -0.1) is 0 Å². The molecule has 0 heterocycles. The molecule has 1 atom stereocenters. The highest BCUT2D eigenvalue weighted by Crippen LogP contribution is 2.12. The fourth-order valence-corrected chi connectivity index (χ4v) is 1.48. The van der Waals surface area contributed by atoms with Crippen molar-refractivity contribution < 1.29 is 18.4 Å². The zero-order chi connectivity index (χ0) is 14.4. The van der Waals surface area contributed by atoms with Crippen LogP contribution < -0.4 is 11.1 Å². The highest BCUT2D eigenvalue weighted by Gasteiger charge is 2.14. The SMILES string of the molecule is C[C@@H](CN)NC(=O)CCC(=O)c1ccc(F)cc1F. The quantitative estimate of drug-likeness (QED) is 0.767. The van der Waals surface area contributed by atoms with Gasteiger partial charge in [0.25, 0.3) is 0 Å². The number of carbonyl (C=O) groups excluding carboxylic acids is 2. The fourth-order valence-electron chi connectivity index (χ4n) is 1.48. The Hall–Kier alpha value is -1.82. The number of nitrogens with two attached hydrogens (primary N) is 1. The van der Waals surface area contributed by atoms with Gasteiger partial charge in [-0.25, -0.2) is 8.78 Å². The number of carbonyl (C=O) groups is 2. The Bertz CT molecular complexity index is 478. The van der Waals surface area contributed by atoms with Crippen molar-refractivity contribution in [2.45, 2.75) is 25.8 Å². The lowest BCUT2D eigenvalue weighted by Crippen LogP contribution is -2.37. The van der Waals surface area contributed by atoms with Crippen molar-refractivity contribution in [2.24, 2.45) is 5.73 Å². The third kappa shape index (κ3) is 4.75. The second kappa shape index (κ2) is 6.94. The van der Waals surface area contributed by atoms with Gasteiger partial charge in [0.2, 0.25) is 5.91 Å². The summed E-state index contributed by atoms with van der Waals surface area (Å²) in [4.78, 5) is 23.1. The lowest BCUT2D eigenvalue weighted by atomic mass is 10.1. The van der Waals surface area contributed by atoms with E-state index in [1.807, 2.05) is 0 Å². The predicted octanol–water partition coefficient (Wildman–Crippen LogP) is 1.39. The summed E-state index contributed by atoms with van der Waals surface area (Å²) < 4.78 is 26.0. The van der Waals surface area contributed by atoms with Gasteiger partial charge in [0, 0.05) is 31.5 Å². The summed E-state index contributed by atoms with van der Waals surface area (Å²) in [6.07, 6.45) is -0.189. The molecule has 0 aromatic heterocycles. The molecule has 0 aliphatic rings. The van der Waals surface area contributed by atoms with Gasteiger partial charge in [0.15, 0.2) is 5.78 Å². The first-order chi connectivity index (χ1) is 8.93. The third-order valence-electron chi connectivity index (χ3n) is 2.57. The Morgan fingerprint density at radius 1 is 1.32 bits per heavy atom. The molecular weight excluding hydrogens is 254 g/mol. The minimum Gasteiger partial charge on any atom is -0.352 e. The van der Waals surface area contributed by atoms with Crippen molar-refractivity contribution in [2.75, 3.05) is 6.54 Å². The van der Waals surface area contributed by atoms with E-state index in [2.05, 4.69) is 5.32 Å². The van der Waals surface area contributed by atoms with Gasteiger partial charge in [-0.2, -0.15) is 0 Å². The van der Waals surface area contributed by atoms with Crippen LogP contribution in [0.5, 0.6) is 0 Å². The van der Waals surface area contributed by atoms with Gasteiger partial charge in [-0.3, -0.25) is 9.59 Å². The molecule has 0 unspecified atom stereocenters. The van der Waals surface area contributed by atoms with Gasteiger partial charge in [-0.1, -0.05) is 0 Å².